The minimum atomic E-state index is -0.346. The maximum Gasteiger partial charge on any atom is 0.255 e. The molecule has 1 aliphatic rings. The van der Waals surface area contributed by atoms with Crippen LogP contribution in [-0.2, 0) is 0 Å². The molecule has 0 saturated carbocycles. The third kappa shape index (κ3) is 3.92. The number of hydrogen-bond donors (Lipinski definition) is 2. The van der Waals surface area contributed by atoms with E-state index in [9.17, 15) is 9.18 Å². The molecule has 0 aliphatic carbocycles. The Labute approximate surface area is 141 Å². The van der Waals surface area contributed by atoms with E-state index in [2.05, 4.69) is 17.1 Å². The summed E-state index contributed by atoms with van der Waals surface area (Å²) in [5.41, 5.74) is 2.37. The standard InChI is InChI=1S/C19H22FN3O/c1-2-22-11-13-23(14-12-22)18-9-7-17(8-10-18)21-19(24)15-3-5-16(20)6-4-15/h3-10H,2,11-14H2,1H3,(H,21,24)/p+1. The van der Waals surface area contributed by atoms with Gasteiger partial charge in [0.15, 0.2) is 0 Å². The zero-order valence-corrected chi connectivity index (χ0v) is 13.9. The second-order valence-electron chi connectivity index (χ2n) is 6.10. The molecule has 0 bridgehead atoms. The molecular formula is C19H23FN3O+. The van der Waals surface area contributed by atoms with E-state index in [1.54, 1.807) is 4.90 Å². The number of nitrogens with zero attached hydrogens (tertiary/aromatic N) is 1. The number of rotatable bonds is 4. The van der Waals surface area contributed by atoms with Gasteiger partial charge in [-0.25, -0.2) is 4.39 Å². The number of quaternary nitrogens is 1. The fourth-order valence-corrected chi connectivity index (χ4v) is 2.99. The Balaban J connectivity index is 1.60. The number of hydrogen-bond acceptors (Lipinski definition) is 2. The molecule has 2 aromatic rings. The lowest BCUT2D eigenvalue weighted by atomic mass is 10.2. The molecule has 1 heterocycles. The fourth-order valence-electron chi connectivity index (χ4n) is 2.99. The van der Waals surface area contributed by atoms with Crippen LogP contribution < -0.4 is 15.1 Å². The normalized spacial score (nSPS) is 15.3. The van der Waals surface area contributed by atoms with Crippen molar-refractivity contribution in [2.45, 2.75) is 6.92 Å². The maximum atomic E-state index is 12.9. The Morgan fingerprint density at radius 3 is 2.29 bits per heavy atom. The largest absolute Gasteiger partial charge is 0.360 e. The zero-order valence-electron chi connectivity index (χ0n) is 13.9. The highest BCUT2D eigenvalue weighted by Gasteiger charge is 2.18. The Morgan fingerprint density at radius 1 is 1.08 bits per heavy atom. The molecule has 1 amide bonds. The van der Waals surface area contributed by atoms with Crippen molar-refractivity contribution in [3.8, 4) is 0 Å². The molecule has 0 spiro atoms. The van der Waals surface area contributed by atoms with Gasteiger partial charge in [0.2, 0.25) is 0 Å². The highest BCUT2D eigenvalue weighted by atomic mass is 19.1. The topological polar surface area (TPSA) is 36.8 Å². The molecule has 0 radical (unpaired) electrons. The monoisotopic (exact) mass is 328 g/mol. The number of piperazine rings is 1. The highest BCUT2D eigenvalue weighted by molar-refractivity contribution is 6.04. The van der Waals surface area contributed by atoms with E-state index >= 15 is 0 Å². The molecular weight excluding hydrogens is 305 g/mol. The number of carbonyl (C=O) groups excluding carboxylic acids is 1. The van der Waals surface area contributed by atoms with Gasteiger partial charge in [0.05, 0.1) is 32.7 Å². The zero-order chi connectivity index (χ0) is 16.9. The van der Waals surface area contributed by atoms with Crippen LogP contribution in [0.5, 0.6) is 0 Å². The van der Waals surface area contributed by atoms with Crippen molar-refractivity contribution in [1.29, 1.82) is 0 Å². The Kier molecular flexibility index (Phi) is 5.11. The van der Waals surface area contributed by atoms with E-state index in [4.69, 9.17) is 0 Å². The van der Waals surface area contributed by atoms with Gasteiger partial charge in [-0.15, -0.1) is 0 Å². The Bertz CT molecular complexity index is 677. The summed E-state index contributed by atoms with van der Waals surface area (Å²) < 4.78 is 12.9. The summed E-state index contributed by atoms with van der Waals surface area (Å²) in [7, 11) is 0. The molecule has 126 valence electrons. The number of amides is 1. The Hall–Kier alpha value is -2.40. The minimum absolute atomic E-state index is 0.233. The molecule has 3 rings (SSSR count). The fraction of sp³-hybridized carbons (Fsp3) is 0.316. The highest BCUT2D eigenvalue weighted by Crippen LogP contribution is 2.18. The van der Waals surface area contributed by atoms with Crippen LogP contribution >= 0.6 is 0 Å². The van der Waals surface area contributed by atoms with Crippen molar-refractivity contribution in [2.75, 3.05) is 42.9 Å². The molecule has 0 aromatic heterocycles. The second-order valence-corrected chi connectivity index (χ2v) is 6.10. The first-order chi connectivity index (χ1) is 11.7. The van der Waals surface area contributed by atoms with Gasteiger partial charge in [-0.2, -0.15) is 0 Å². The third-order valence-electron chi connectivity index (χ3n) is 4.57. The van der Waals surface area contributed by atoms with E-state index < -0.39 is 0 Å². The van der Waals surface area contributed by atoms with Crippen LogP contribution in [0.25, 0.3) is 0 Å². The van der Waals surface area contributed by atoms with Gasteiger partial charge in [0.1, 0.15) is 5.82 Å². The number of anilines is 2. The lowest BCUT2D eigenvalue weighted by molar-refractivity contribution is -0.898. The van der Waals surface area contributed by atoms with Crippen LogP contribution in [0.15, 0.2) is 48.5 Å². The molecule has 4 nitrogen and oxygen atoms in total. The van der Waals surface area contributed by atoms with Gasteiger partial charge in [-0.05, 0) is 55.5 Å². The summed E-state index contributed by atoms with van der Waals surface area (Å²) in [6, 6.07) is 13.4. The van der Waals surface area contributed by atoms with Crippen LogP contribution in [0.1, 0.15) is 17.3 Å². The lowest BCUT2D eigenvalue weighted by Crippen LogP contribution is -3.14. The van der Waals surface area contributed by atoms with Crippen LogP contribution in [0, 0.1) is 5.82 Å². The average molecular weight is 328 g/mol. The van der Waals surface area contributed by atoms with Gasteiger partial charge in [-0.3, -0.25) is 4.79 Å². The molecule has 24 heavy (non-hydrogen) atoms. The maximum absolute atomic E-state index is 12.9. The SMILES string of the molecule is CC[NH+]1CCN(c2ccc(NC(=O)c3ccc(F)cc3)cc2)CC1. The second kappa shape index (κ2) is 7.45. The number of likely N-dealkylation sites (N-methyl/N-ethyl adjacent to an activating group) is 1. The smallest absolute Gasteiger partial charge is 0.255 e. The number of halogens is 1. The van der Waals surface area contributed by atoms with Gasteiger partial charge in [-0.1, -0.05) is 0 Å². The van der Waals surface area contributed by atoms with Crippen molar-refractivity contribution in [2.24, 2.45) is 0 Å². The third-order valence-corrected chi connectivity index (χ3v) is 4.57. The van der Waals surface area contributed by atoms with Gasteiger partial charge in [0, 0.05) is 16.9 Å². The molecule has 1 aliphatic heterocycles. The number of carbonyl (C=O) groups is 1. The molecule has 1 saturated heterocycles. The number of benzene rings is 2. The summed E-state index contributed by atoms with van der Waals surface area (Å²) in [5.74, 6) is -0.580. The quantitative estimate of drug-likeness (QED) is 0.898. The van der Waals surface area contributed by atoms with Crippen LogP contribution in [-0.4, -0.2) is 38.6 Å². The average Bonchev–Trinajstić information content (AvgIpc) is 2.63. The summed E-state index contributed by atoms with van der Waals surface area (Å²) in [4.78, 5) is 16.2. The summed E-state index contributed by atoms with van der Waals surface area (Å²) in [5, 5.41) is 2.84. The van der Waals surface area contributed by atoms with E-state index in [1.807, 2.05) is 24.3 Å². The van der Waals surface area contributed by atoms with E-state index in [-0.39, 0.29) is 11.7 Å². The first-order valence-electron chi connectivity index (χ1n) is 8.41. The predicted molar refractivity (Wildman–Crippen MR) is 94.2 cm³/mol. The summed E-state index contributed by atoms with van der Waals surface area (Å²) in [6.07, 6.45) is 0. The van der Waals surface area contributed by atoms with Crippen LogP contribution in [0.2, 0.25) is 0 Å². The summed E-state index contributed by atoms with van der Waals surface area (Å²) in [6.45, 7) is 7.86. The van der Waals surface area contributed by atoms with Gasteiger partial charge < -0.3 is 15.1 Å². The molecule has 0 atom stereocenters. The van der Waals surface area contributed by atoms with E-state index in [0.717, 1.165) is 18.8 Å². The number of nitrogens with one attached hydrogen (secondary N) is 2. The van der Waals surface area contributed by atoms with Crippen LogP contribution in [0.4, 0.5) is 15.8 Å². The first kappa shape index (κ1) is 16.5. The summed E-state index contributed by atoms with van der Waals surface area (Å²) >= 11 is 0. The van der Waals surface area contributed by atoms with E-state index in [1.165, 1.54) is 49.6 Å². The lowest BCUT2D eigenvalue weighted by Gasteiger charge is -2.33. The molecule has 2 aromatic carbocycles. The van der Waals surface area contributed by atoms with Gasteiger partial charge >= 0.3 is 0 Å². The minimum Gasteiger partial charge on any atom is -0.360 e. The predicted octanol–water partition coefficient (Wildman–Crippen LogP) is 1.80. The van der Waals surface area contributed by atoms with Crippen molar-refractivity contribution in [3.63, 3.8) is 0 Å². The van der Waals surface area contributed by atoms with Crippen LogP contribution in [0.3, 0.4) is 0 Å². The molecule has 2 N–H and O–H groups in total. The molecule has 0 unspecified atom stereocenters. The van der Waals surface area contributed by atoms with Crippen molar-refractivity contribution in [3.05, 3.63) is 59.9 Å². The van der Waals surface area contributed by atoms with Crippen molar-refractivity contribution >= 4 is 17.3 Å². The van der Waals surface area contributed by atoms with Gasteiger partial charge in [0.25, 0.3) is 5.91 Å². The molecule has 1 fully saturated rings. The Morgan fingerprint density at radius 2 is 1.71 bits per heavy atom. The first-order valence-corrected chi connectivity index (χ1v) is 8.41. The van der Waals surface area contributed by atoms with E-state index in [0.29, 0.717) is 5.56 Å². The van der Waals surface area contributed by atoms with Crippen molar-refractivity contribution < 1.29 is 14.1 Å². The molecule has 5 heteroatoms. The van der Waals surface area contributed by atoms with Crippen molar-refractivity contribution in [1.82, 2.24) is 0 Å².